The van der Waals surface area contributed by atoms with Crippen LogP contribution in [-0.4, -0.2) is 53.8 Å². The number of hydrogen-bond acceptors (Lipinski definition) is 4. The second-order valence-corrected chi connectivity index (χ2v) is 7.70. The molecule has 1 amide bonds. The van der Waals surface area contributed by atoms with Crippen LogP contribution in [0.4, 0.5) is 5.82 Å². The van der Waals surface area contributed by atoms with Crippen molar-refractivity contribution < 1.29 is 9.53 Å². The molecule has 0 spiro atoms. The maximum atomic E-state index is 12.7. The molecule has 0 aliphatic carbocycles. The highest BCUT2D eigenvalue weighted by Crippen LogP contribution is 2.24. The smallest absolute Gasteiger partial charge is 0.227 e. The first-order chi connectivity index (χ1) is 14.6. The maximum Gasteiger partial charge on any atom is 0.227 e. The zero-order valence-corrected chi connectivity index (χ0v) is 17.7. The fraction of sp³-hybridized carbons (Fsp3) is 0.304. The number of nitrogens with one attached hydrogen (secondary N) is 1. The van der Waals surface area contributed by atoms with Gasteiger partial charge in [-0.2, -0.15) is 5.10 Å². The first-order valence-corrected chi connectivity index (χ1v) is 10.6. The molecule has 1 fully saturated rings. The number of aromatic amines is 1. The van der Waals surface area contributed by atoms with Gasteiger partial charge in [-0.15, -0.1) is 0 Å². The Bertz CT molecular complexity index is 977. The number of amides is 1. The van der Waals surface area contributed by atoms with E-state index in [0.29, 0.717) is 31.1 Å². The number of H-pyrrole nitrogens is 1. The summed E-state index contributed by atoms with van der Waals surface area (Å²) >= 11 is 5.96. The van der Waals surface area contributed by atoms with E-state index in [2.05, 4.69) is 15.1 Å². The third kappa shape index (κ3) is 4.76. The van der Waals surface area contributed by atoms with Crippen LogP contribution in [-0.2, 0) is 11.2 Å². The Morgan fingerprint density at radius 3 is 2.43 bits per heavy atom. The van der Waals surface area contributed by atoms with Crippen molar-refractivity contribution in [3.63, 3.8) is 0 Å². The van der Waals surface area contributed by atoms with Gasteiger partial charge < -0.3 is 14.5 Å². The van der Waals surface area contributed by atoms with Crippen molar-refractivity contribution in [3.05, 3.63) is 65.2 Å². The average molecular weight is 425 g/mol. The molecule has 30 heavy (non-hydrogen) atoms. The summed E-state index contributed by atoms with van der Waals surface area (Å²) in [6, 6.07) is 17.5. The van der Waals surface area contributed by atoms with Crippen LogP contribution in [0.15, 0.2) is 54.6 Å². The van der Waals surface area contributed by atoms with Crippen LogP contribution >= 0.6 is 11.6 Å². The molecule has 4 rings (SSSR count). The maximum absolute atomic E-state index is 12.7. The molecule has 0 bridgehead atoms. The topological polar surface area (TPSA) is 61.5 Å². The standard InChI is InChI=1S/C23H25ClN4O2/c1-2-30-20-9-3-17(4-10-20)15-23(29)28-13-11-27(12-14-28)22-16-21(25-26-22)18-5-7-19(24)8-6-18/h3-10,16H,2,11-15H2,1H3,(H,25,26). The molecule has 7 heteroatoms. The summed E-state index contributed by atoms with van der Waals surface area (Å²) in [5.41, 5.74) is 3.00. The molecule has 2 aromatic carbocycles. The number of nitrogens with zero attached hydrogens (tertiary/aromatic N) is 3. The number of carbonyl (C=O) groups excluding carboxylic acids is 1. The van der Waals surface area contributed by atoms with Crippen LogP contribution < -0.4 is 9.64 Å². The lowest BCUT2D eigenvalue weighted by atomic mass is 10.1. The fourth-order valence-electron chi connectivity index (χ4n) is 3.59. The first-order valence-electron chi connectivity index (χ1n) is 10.2. The largest absolute Gasteiger partial charge is 0.494 e. The molecule has 0 atom stereocenters. The van der Waals surface area contributed by atoms with E-state index < -0.39 is 0 Å². The Labute approximate surface area is 181 Å². The van der Waals surface area contributed by atoms with Gasteiger partial charge in [-0.25, -0.2) is 0 Å². The Kier molecular flexibility index (Phi) is 6.23. The van der Waals surface area contributed by atoms with Crippen molar-refractivity contribution in [1.82, 2.24) is 15.1 Å². The van der Waals surface area contributed by atoms with Crippen LogP contribution in [0, 0.1) is 0 Å². The lowest BCUT2D eigenvalue weighted by Gasteiger charge is -2.34. The van der Waals surface area contributed by atoms with Gasteiger partial charge in [0, 0.05) is 37.3 Å². The van der Waals surface area contributed by atoms with E-state index in [0.717, 1.165) is 41.5 Å². The normalized spacial score (nSPS) is 14.1. The van der Waals surface area contributed by atoms with Gasteiger partial charge in [0.25, 0.3) is 0 Å². The van der Waals surface area contributed by atoms with Crippen molar-refractivity contribution in [1.29, 1.82) is 0 Å². The second kappa shape index (κ2) is 9.22. The van der Waals surface area contributed by atoms with E-state index in [4.69, 9.17) is 16.3 Å². The van der Waals surface area contributed by atoms with Gasteiger partial charge in [0.2, 0.25) is 5.91 Å². The minimum atomic E-state index is 0.155. The lowest BCUT2D eigenvalue weighted by Crippen LogP contribution is -2.49. The average Bonchev–Trinajstić information content (AvgIpc) is 3.26. The highest BCUT2D eigenvalue weighted by atomic mass is 35.5. The van der Waals surface area contributed by atoms with Crippen molar-refractivity contribution in [2.24, 2.45) is 0 Å². The second-order valence-electron chi connectivity index (χ2n) is 7.27. The SMILES string of the molecule is CCOc1ccc(CC(=O)N2CCN(c3cc(-c4ccc(Cl)cc4)[nH]n3)CC2)cc1. The van der Waals surface area contributed by atoms with Crippen molar-refractivity contribution in [2.45, 2.75) is 13.3 Å². The summed E-state index contributed by atoms with van der Waals surface area (Å²) < 4.78 is 5.46. The summed E-state index contributed by atoms with van der Waals surface area (Å²) in [4.78, 5) is 16.8. The predicted molar refractivity (Wildman–Crippen MR) is 119 cm³/mol. The minimum Gasteiger partial charge on any atom is -0.494 e. The van der Waals surface area contributed by atoms with Gasteiger partial charge >= 0.3 is 0 Å². The molecule has 3 aromatic rings. The van der Waals surface area contributed by atoms with E-state index in [1.54, 1.807) is 0 Å². The van der Waals surface area contributed by atoms with Crippen molar-refractivity contribution >= 4 is 23.3 Å². The lowest BCUT2D eigenvalue weighted by molar-refractivity contribution is -0.130. The Hall–Kier alpha value is -2.99. The molecule has 0 unspecified atom stereocenters. The van der Waals surface area contributed by atoms with Crippen molar-refractivity contribution in [3.8, 4) is 17.0 Å². The van der Waals surface area contributed by atoms with E-state index in [9.17, 15) is 4.79 Å². The molecule has 1 aliphatic heterocycles. The van der Waals surface area contributed by atoms with Gasteiger partial charge in [0.15, 0.2) is 5.82 Å². The van der Waals surface area contributed by atoms with E-state index in [1.165, 1.54) is 0 Å². The zero-order valence-electron chi connectivity index (χ0n) is 17.0. The first kappa shape index (κ1) is 20.3. The molecule has 1 saturated heterocycles. The number of anilines is 1. The number of hydrogen-bond donors (Lipinski definition) is 1. The number of halogens is 1. The monoisotopic (exact) mass is 424 g/mol. The molecule has 2 heterocycles. The molecule has 1 aliphatic rings. The summed E-state index contributed by atoms with van der Waals surface area (Å²) in [5.74, 6) is 1.89. The molecular weight excluding hydrogens is 400 g/mol. The number of rotatable bonds is 6. The predicted octanol–water partition coefficient (Wildman–Crippen LogP) is 4.02. The third-order valence-electron chi connectivity index (χ3n) is 5.27. The van der Waals surface area contributed by atoms with Crippen molar-refractivity contribution in [2.75, 3.05) is 37.7 Å². The highest BCUT2D eigenvalue weighted by molar-refractivity contribution is 6.30. The number of aromatic nitrogens is 2. The van der Waals surface area contributed by atoms with Gasteiger partial charge in [0.05, 0.1) is 18.7 Å². The zero-order chi connectivity index (χ0) is 20.9. The molecule has 6 nitrogen and oxygen atoms in total. The number of benzene rings is 2. The summed E-state index contributed by atoms with van der Waals surface area (Å²) in [7, 11) is 0. The summed E-state index contributed by atoms with van der Waals surface area (Å²) in [6.07, 6.45) is 0.412. The number of carbonyl (C=O) groups is 1. The van der Waals surface area contributed by atoms with Crippen LogP contribution in [0.2, 0.25) is 5.02 Å². The quantitative estimate of drug-likeness (QED) is 0.649. The van der Waals surface area contributed by atoms with Gasteiger partial charge in [-0.1, -0.05) is 35.9 Å². The third-order valence-corrected chi connectivity index (χ3v) is 5.52. The molecular formula is C23H25ClN4O2. The van der Waals surface area contributed by atoms with E-state index in [1.807, 2.05) is 66.4 Å². The van der Waals surface area contributed by atoms with E-state index in [-0.39, 0.29) is 5.91 Å². The summed E-state index contributed by atoms with van der Waals surface area (Å²) in [6.45, 7) is 5.51. The van der Waals surface area contributed by atoms with Gasteiger partial charge in [0.1, 0.15) is 5.75 Å². The Morgan fingerprint density at radius 2 is 1.77 bits per heavy atom. The molecule has 0 saturated carbocycles. The summed E-state index contributed by atoms with van der Waals surface area (Å²) in [5, 5.41) is 8.26. The highest BCUT2D eigenvalue weighted by Gasteiger charge is 2.22. The number of piperazine rings is 1. The van der Waals surface area contributed by atoms with Crippen LogP contribution in [0.5, 0.6) is 5.75 Å². The minimum absolute atomic E-state index is 0.155. The molecule has 156 valence electrons. The fourth-order valence-corrected chi connectivity index (χ4v) is 3.72. The van der Waals surface area contributed by atoms with Crippen LogP contribution in [0.1, 0.15) is 12.5 Å². The molecule has 0 radical (unpaired) electrons. The molecule has 1 N–H and O–H groups in total. The van der Waals surface area contributed by atoms with Crippen LogP contribution in [0.25, 0.3) is 11.3 Å². The Morgan fingerprint density at radius 1 is 1.07 bits per heavy atom. The van der Waals surface area contributed by atoms with Crippen LogP contribution in [0.3, 0.4) is 0 Å². The van der Waals surface area contributed by atoms with E-state index >= 15 is 0 Å². The van der Waals surface area contributed by atoms with Gasteiger partial charge in [-0.3, -0.25) is 9.89 Å². The van der Waals surface area contributed by atoms with Gasteiger partial charge in [-0.05, 0) is 42.3 Å². The number of ether oxygens (including phenoxy) is 1. The Balaban J connectivity index is 1.31. The molecule has 1 aromatic heterocycles.